The van der Waals surface area contributed by atoms with Crippen LogP contribution in [0.25, 0.3) is 6.08 Å². The molecular weight excluding hydrogens is 530 g/mol. The fraction of sp³-hybridized carbons (Fsp3) is 0.303. The Hall–Kier alpha value is -4.47. The topological polar surface area (TPSA) is 126 Å². The summed E-state index contributed by atoms with van der Waals surface area (Å²) in [5.41, 5.74) is 10.2. The zero-order valence-corrected chi connectivity index (χ0v) is 24.4. The number of carbonyl (C=O) groups excluding carboxylic acids is 3. The van der Waals surface area contributed by atoms with Crippen LogP contribution in [-0.2, 0) is 24.5 Å². The van der Waals surface area contributed by atoms with Crippen molar-refractivity contribution in [3.8, 4) is 0 Å². The monoisotopic (exact) mass is 569 g/mol. The number of morpholine rings is 1. The summed E-state index contributed by atoms with van der Waals surface area (Å²) in [6.45, 7) is 8.48. The average molecular weight is 570 g/mol. The summed E-state index contributed by atoms with van der Waals surface area (Å²) in [5, 5.41) is 8.89. The van der Waals surface area contributed by atoms with Crippen molar-refractivity contribution in [2.24, 2.45) is 0 Å². The van der Waals surface area contributed by atoms with E-state index in [1.807, 2.05) is 48.5 Å². The van der Waals surface area contributed by atoms with Crippen molar-refractivity contribution in [2.45, 2.75) is 32.2 Å². The van der Waals surface area contributed by atoms with Crippen LogP contribution in [0.5, 0.6) is 0 Å². The van der Waals surface area contributed by atoms with Crippen LogP contribution >= 0.6 is 0 Å². The molecule has 0 aliphatic carbocycles. The molecule has 0 radical (unpaired) electrons. The fourth-order valence-electron chi connectivity index (χ4n) is 4.50. The van der Waals surface area contributed by atoms with Crippen molar-refractivity contribution in [1.29, 1.82) is 0 Å². The van der Waals surface area contributed by atoms with E-state index in [0.717, 1.165) is 11.1 Å². The smallest absolute Gasteiger partial charge is 0.248 e. The Balaban J connectivity index is 1.46. The Bertz CT molecular complexity index is 1410. The van der Waals surface area contributed by atoms with Crippen molar-refractivity contribution in [3.05, 3.63) is 95.6 Å². The van der Waals surface area contributed by atoms with Gasteiger partial charge in [-0.15, -0.1) is 0 Å². The van der Waals surface area contributed by atoms with Crippen LogP contribution in [0.15, 0.2) is 78.9 Å². The van der Waals surface area contributed by atoms with Crippen molar-refractivity contribution < 1.29 is 19.1 Å². The van der Waals surface area contributed by atoms with E-state index in [9.17, 15) is 14.4 Å². The van der Waals surface area contributed by atoms with Crippen molar-refractivity contribution >= 4 is 40.9 Å². The van der Waals surface area contributed by atoms with Crippen LogP contribution in [0.3, 0.4) is 0 Å². The largest absolute Gasteiger partial charge is 0.397 e. The van der Waals surface area contributed by atoms with Gasteiger partial charge < -0.3 is 26.0 Å². The Morgan fingerprint density at radius 1 is 0.929 bits per heavy atom. The number of nitrogens with one attached hydrogen (secondary N) is 3. The predicted octanol–water partition coefficient (Wildman–Crippen LogP) is 4.35. The molecule has 3 aromatic rings. The zero-order chi connectivity index (χ0) is 30.1. The number of hydrogen-bond acceptors (Lipinski definition) is 6. The molecular formula is C33H39N5O4. The molecule has 1 heterocycles. The first-order chi connectivity index (χ1) is 20.1. The highest BCUT2D eigenvalue weighted by Crippen LogP contribution is 2.24. The molecule has 3 aromatic carbocycles. The van der Waals surface area contributed by atoms with E-state index < -0.39 is 6.04 Å². The number of benzene rings is 3. The molecule has 1 unspecified atom stereocenters. The van der Waals surface area contributed by atoms with Crippen molar-refractivity contribution in [1.82, 2.24) is 10.2 Å². The summed E-state index contributed by atoms with van der Waals surface area (Å²) >= 11 is 0. The molecule has 220 valence electrons. The molecule has 9 heteroatoms. The lowest BCUT2D eigenvalue weighted by Gasteiger charge is -2.28. The first kappa shape index (κ1) is 30.5. The molecule has 4 rings (SSSR count). The summed E-state index contributed by atoms with van der Waals surface area (Å²) < 4.78 is 5.34. The van der Waals surface area contributed by atoms with Gasteiger partial charge in [0.15, 0.2) is 0 Å². The normalized spacial score (nSPS) is 14.4. The molecule has 1 aliphatic rings. The standard InChI is InChI=1S/C33H39N5O4/c1-33(2,3)25-13-15-26(16-14-25)36-32(41)31(35-22-30(40)38-18-20-42-21-19-38)24-11-8-23(9-12-24)10-17-29(39)37-28-7-5-4-6-27(28)34/h4-17,31,35H,18-22,34H2,1-3H3,(H,36,41)(H,37,39). The molecule has 3 amide bonds. The average Bonchev–Trinajstić information content (AvgIpc) is 2.98. The van der Waals surface area contributed by atoms with E-state index in [4.69, 9.17) is 10.5 Å². The van der Waals surface area contributed by atoms with Crippen LogP contribution in [-0.4, -0.2) is 55.5 Å². The number of hydrogen-bond donors (Lipinski definition) is 4. The summed E-state index contributed by atoms with van der Waals surface area (Å²) in [7, 11) is 0. The van der Waals surface area contributed by atoms with E-state index in [1.54, 1.807) is 35.2 Å². The van der Waals surface area contributed by atoms with Gasteiger partial charge in [-0.3, -0.25) is 19.7 Å². The Morgan fingerprint density at radius 3 is 2.24 bits per heavy atom. The first-order valence-corrected chi connectivity index (χ1v) is 14.0. The van der Waals surface area contributed by atoms with Gasteiger partial charge >= 0.3 is 0 Å². The van der Waals surface area contributed by atoms with E-state index in [0.29, 0.717) is 48.9 Å². The third-order valence-electron chi connectivity index (χ3n) is 7.02. The Labute approximate surface area is 247 Å². The van der Waals surface area contributed by atoms with Crippen LogP contribution in [0.2, 0.25) is 0 Å². The Morgan fingerprint density at radius 2 is 1.60 bits per heavy atom. The summed E-state index contributed by atoms with van der Waals surface area (Å²) in [4.78, 5) is 40.4. The summed E-state index contributed by atoms with van der Waals surface area (Å²) in [6, 6.07) is 21.3. The quantitative estimate of drug-likeness (QED) is 0.224. The van der Waals surface area contributed by atoms with Crippen LogP contribution in [0.1, 0.15) is 43.5 Å². The highest BCUT2D eigenvalue weighted by Gasteiger charge is 2.24. The number of anilines is 3. The van der Waals surface area contributed by atoms with Gasteiger partial charge in [-0.05, 0) is 52.4 Å². The second-order valence-corrected chi connectivity index (χ2v) is 11.2. The molecule has 1 fully saturated rings. The van der Waals surface area contributed by atoms with Crippen LogP contribution < -0.4 is 21.7 Å². The second kappa shape index (κ2) is 13.9. The number of carbonyl (C=O) groups is 3. The molecule has 0 bridgehead atoms. The minimum absolute atomic E-state index is 0.00173. The van der Waals surface area contributed by atoms with Crippen molar-refractivity contribution in [2.75, 3.05) is 49.2 Å². The van der Waals surface area contributed by atoms with Crippen LogP contribution in [0.4, 0.5) is 17.1 Å². The van der Waals surface area contributed by atoms with Gasteiger partial charge in [0, 0.05) is 24.9 Å². The van der Waals surface area contributed by atoms with Gasteiger partial charge in [-0.1, -0.05) is 69.3 Å². The molecule has 1 atom stereocenters. The lowest BCUT2D eigenvalue weighted by Crippen LogP contribution is -2.46. The third-order valence-corrected chi connectivity index (χ3v) is 7.02. The molecule has 9 nitrogen and oxygen atoms in total. The molecule has 42 heavy (non-hydrogen) atoms. The third kappa shape index (κ3) is 8.52. The highest BCUT2D eigenvalue weighted by atomic mass is 16.5. The number of nitrogens with zero attached hydrogens (tertiary/aromatic N) is 1. The maximum Gasteiger partial charge on any atom is 0.248 e. The molecule has 5 N–H and O–H groups in total. The number of amides is 3. The van der Waals surface area contributed by atoms with E-state index in [1.165, 1.54) is 6.08 Å². The van der Waals surface area contributed by atoms with Gasteiger partial charge in [0.1, 0.15) is 6.04 Å². The van der Waals surface area contributed by atoms with Gasteiger partial charge in [0.05, 0.1) is 31.1 Å². The maximum atomic E-state index is 13.5. The van der Waals surface area contributed by atoms with E-state index in [2.05, 4.69) is 36.7 Å². The number of rotatable bonds is 9. The maximum absolute atomic E-state index is 13.5. The second-order valence-electron chi connectivity index (χ2n) is 11.2. The fourth-order valence-corrected chi connectivity index (χ4v) is 4.50. The molecule has 0 aromatic heterocycles. The molecule has 1 aliphatic heterocycles. The number of ether oxygens (including phenoxy) is 1. The Kier molecular flexibility index (Phi) is 10.1. The highest BCUT2D eigenvalue weighted by molar-refractivity contribution is 6.03. The predicted molar refractivity (Wildman–Crippen MR) is 167 cm³/mol. The van der Waals surface area contributed by atoms with Gasteiger partial charge in [-0.25, -0.2) is 0 Å². The van der Waals surface area contributed by atoms with Crippen LogP contribution in [0, 0.1) is 0 Å². The first-order valence-electron chi connectivity index (χ1n) is 14.0. The zero-order valence-electron chi connectivity index (χ0n) is 24.4. The summed E-state index contributed by atoms with van der Waals surface area (Å²) in [6.07, 6.45) is 3.10. The molecule has 0 saturated carbocycles. The summed E-state index contributed by atoms with van der Waals surface area (Å²) in [5.74, 6) is -0.679. The number of para-hydroxylation sites is 2. The molecule has 0 spiro atoms. The van der Waals surface area contributed by atoms with Gasteiger partial charge in [0.2, 0.25) is 17.7 Å². The van der Waals surface area contributed by atoms with E-state index in [-0.39, 0.29) is 29.7 Å². The minimum atomic E-state index is -0.778. The van der Waals surface area contributed by atoms with Crippen molar-refractivity contribution in [3.63, 3.8) is 0 Å². The number of nitrogen functional groups attached to an aromatic ring is 1. The van der Waals surface area contributed by atoms with E-state index >= 15 is 0 Å². The number of nitrogens with two attached hydrogens (primary N) is 1. The van der Waals surface area contributed by atoms with Gasteiger partial charge in [0.25, 0.3) is 0 Å². The minimum Gasteiger partial charge on any atom is -0.397 e. The lowest BCUT2D eigenvalue weighted by atomic mass is 9.87. The SMILES string of the molecule is CC(C)(C)c1ccc(NC(=O)C(NCC(=O)N2CCOCC2)c2ccc(C=CC(=O)Nc3ccccc3N)cc2)cc1. The lowest BCUT2D eigenvalue weighted by molar-refractivity contribution is -0.134. The molecule has 1 saturated heterocycles. The van der Waals surface area contributed by atoms with Gasteiger partial charge in [-0.2, -0.15) is 0 Å².